The number of nitrogens with one attached hydrogen (secondary N) is 1. The van der Waals surface area contributed by atoms with Crippen LogP contribution in [0.4, 0.5) is 0 Å². The van der Waals surface area contributed by atoms with Gasteiger partial charge in [-0.2, -0.15) is 5.48 Å². The van der Waals surface area contributed by atoms with Crippen molar-refractivity contribution in [3.8, 4) is 0 Å². The fourth-order valence-electron chi connectivity index (χ4n) is 0.0617. The highest BCUT2D eigenvalue weighted by Crippen LogP contribution is 2.10. The summed E-state index contributed by atoms with van der Waals surface area (Å²) in [4.78, 5) is 0. The topological polar surface area (TPSA) is 58.3 Å². The first-order valence-electron chi connectivity index (χ1n) is 2.31. The highest BCUT2D eigenvalue weighted by molar-refractivity contribution is 14.1. The molecule has 0 aromatic heterocycles. The molecule has 8 heavy (non-hydrogen) atoms. The van der Waals surface area contributed by atoms with Crippen molar-refractivity contribution in [1.82, 2.24) is 5.48 Å². The van der Waals surface area contributed by atoms with Gasteiger partial charge < -0.3 is 10.9 Å². The van der Waals surface area contributed by atoms with E-state index in [1.54, 1.807) is 0 Å². The molecular formula is C4H11IN2O. The van der Waals surface area contributed by atoms with E-state index in [0.717, 1.165) is 0 Å². The number of rotatable bonds is 2. The van der Waals surface area contributed by atoms with Gasteiger partial charge in [0.2, 0.25) is 0 Å². The highest BCUT2D eigenvalue weighted by atomic mass is 127. The summed E-state index contributed by atoms with van der Waals surface area (Å²) in [6.45, 7) is 3.65. The number of hydrogen-bond donors (Lipinski definition) is 3. The van der Waals surface area contributed by atoms with Gasteiger partial charge in [-0.1, -0.05) is 22.6 Å². The summed E-state index contributed by atoms with van der Waals surface area (Å²) in [7, 11) is 0. The van der Waals surface area contributed by atoms with Crippen LogP contribution >= 0.6 is 22.6 Å². The van der Waals surface area contributed by atoms with Crippen LogP contribution < -0.4 is 11.2 Å². The van der Waals surface area contributed by atoms with Crippen molar-refractivity contribution in [2.45, 2.75) is 23.4 Å². The largest absolute Gasteiger partial charge is 0.318 e. The van der Waals surface area contributed by atoms with Crippen LogP contribution in [0.15, 0.2) is 0 Å². The molecule has 1 atom stereocenters. The van der Waals surface area contributed by atoms with Crippen molar-refractivity contribution in [2.75, 3.05) is 0 Å². The van der Waals surface area contributed by atoms with Gasteiger partial charge in [0.1, 0.15) is 0 Å². The second-order valence-corrected chi connectivity index (χ2v) is 3.58. The molecule has 0 spiro atoms. The lowest BCUT2D eigenvalue weighted by Gasteiger charge is -2.24. The molecule has 0 aliphatic rings. The van der Waals surface area contributed by atoms with E-state index in [1.807, 2.05) is 36.4 Å². The number of nitrogens with two attached hydrogens (primary N) is 1. The van der Waals surface area contributed by atoms with E-state index >= 15 is 0 Å². The van der Waals surface area contributed by atoms with Crippen molar-refractivity contribution in [3.05, 3.63) is 0 Å². The minimum atomic E-state index is -0.388. The van der Waals surface area contributed by atoms with Gasteiger partial charge in [0, 0.05) is 0 Å². The fraction of sp³-hybridized carbons (Fsp3) is 1.00. The minimum Gasteiger partial charge on any atom is -0.318 e. The molecule has 0 aliphatic carbocycles. The average molecular weight is 230 g/mol. The summed E-state index contributed by atoms with van der Waals surface area (Å²) in [5, 5.41) is 8.43. The van der Waals surface area contributed by atoms with Crippen molar-refractivity contribution < 1.29 is 5.21 Å². The zero-order valence-electron chi connectivity index (χ0n) is 4.98. The van der Waals surface area contributed by atoms with E-state index in [9.17, 15) is 0 Å². The molecule has 0 aromatic rings. The summed E-state index contributed by atoms with van der Waals surface area (Å²) in [5.74, 6) is 0. The molecular weight excluding hydrogens is 219 g/mol. The normalized spacial score (nSPS) is 16.1. The van der Waals surface area contributed by atoms with Gasteiger partial charge in [-0.15, -0.1) is 0 Å². The minimum absolute atomic E-state index is 0.0786. The predicted octanol–water partition coefficient (Wildman–Crippen LogP) is 0.464. The molecule has 0 bridgehead atoms. The van der Waals surface area contributed by atoms with E-state index in [-0.39, 0.29) is 9.59 Å². The van der Waals surface area contributed by atoms with Gasteiger partial charge in [-0.3, -0.25) is 0 Å². The first kappa shape index (κ1) is 8.61. The van der Waals surface area contributed by atoms with E-state index in [4.69, 9.17) is 10.9 Å². The summed E-state index contributed by atoms with van der Waals surface area (Å²) < 4.78 is -0.0786. The molecule has 3 nitrogen and oxygen atoms in total. The molecule has 0 rings (SSSR count). The molecule has 0 aromatic carbocycles. The molecule has 0 amide bonds. The Hall–Kier alpha value is 0.610. The molecule has 0 fully saturated rings. The third-order valence-corrected chi connectivity index (χ3v) is 2.53. The maximum Gasteiger partial charge on any atom is 0.0770 e. The average Bonchev–Trinajstić information content (AvgIpc) is 1.67. The Morgan fingerprint density at radius 3 is 2.12 bits per heavy atom. The zero-order valence-corrected chi connectivity index (χ0v) is 7.14. The van der Waals surface area contributed by atoms with E-state index in [2.05, 4.69) is 5.48 Å². The second-order valence-electron chi connectivity index (χ2n) is 2.24. The monoisotopic (exact) mass is 230 g/mol. The lowest BCUT2D eigenvalue weighted by atomic mass is 10.1. The molecule has 50 valence electrons. The van der Waals surface area contributed by atoms with Crippen LogP contribution in [0, 0.1) is 0 Å². The summed E-state index contributed by atoms with van der Waals surface area (Å²) in [5.41, 5.74) is 7.16. The maximum absolute atomic E-state index is 8.43. The number of alkyl halides is 1. The second kappa shape index (κ2) is 2.95. The third kappa shape index (κ3) is 2.25. The van der Waals surface area contributed by atoms with Gasteiger partial charge in [-0.05, 0) is 13.8 Å². The lowest BCUT2D eigenvalue weighted by Crippen LogP contribution is -2.49. The van der Waals surface area contributed by atoms with Crippen LogP contribution in [-0.2, 0) is 0 Å². The van der Waals surface area contributed by atoms with E-state index < -0.39 is 0 Å². The standard InChI is InChI=1S/C4H11IN2O/c1-4(2,7-8)3(5)6/h3,7-8H,6H2,1-2H3. The summed E-state index contributed by atoms with van der Waals surface area (Å²) in [6.07, 6.45) is 0. The Kier molecular flexibility index (Phi) is 3.18. The van der Waals surface area contributed by atoms with Gasteiger partial charge >= 0.3 is 0 Å². The van der Waals surface area contributed by atoms with Crippen LogP contribution in [0.5, 0.6) is 0 Å². The van der Waals surface area contributed by atoms with Crippen molar-refractivity contribution >= 4 is 22.6 Å². The quantitative estimate of drug-likeness (QED) is 0.279. The molecule has 0 radical (unpaired) electrons. The van der Waals surface area contributed by atoms with E-state index in [1.165, 1.54) is 0 Å². The molecule has 1 unspecified atom stereocenters. The fourth-order valence-corrected chi connectivity index (χ4v) is 0.201. The van der Waals surface area contributed by atoms with Gasteiger partial charge in [0.15, 0.2) is 0 Å². The Morgan fingerprint density at radius 2 is 2.12 bits per heavy atom. The van der Waals surface area contributed by atoms with Gasteiger partial charge in [0.05, 0.1) is 9.59 Å². The van der Waals surface area contributed by atoms with Crippen LogP contribution in [0.25, 0.3) is 0 Å². The van der Waals surface area contributed by atoms with Crippen LogP contribution in [0.3, 0.4) is 0 Å². The SMILES string of the molecule is CC(C)(NO)C(N)I. The first-order valence-corrected chi connectivity index (χ1v) is 3.56. The molecule has 0 saturated heterocycles. The van der Waals surface area contributed by atoms with Crippen LogP contribution in [-0.4, -0.2) is 14.8 Å². The Morgan fingerprint density at radius 1 is 1.75 bits per heavy atom. The van der Waals surface area contributed by atoms with Crippen LogP contribution in [0.1, 0.15) is 13.8 Å². The first-order chi connectivity index (χ1) is 3.50. The van der Waals surface area contributed by atoms with Crippen molar-refractivity contribution in [1.29, 1.82) is 0 Å². The van der Waals surface area contributed by atoms with Crippen molar-refractivity contribution in [2.24, 2.45) is 5.73 Å². The summed E-state index contributed by atoms with van der Waals surface area (Å²) >= 11 is 2.04. The van der Waals surface area contributed by atoms with E-state index in [0.29, 0.717) is 0 Å². The smallest absolute Gasteiger partial charge is 0.0770 e. The molecule has 4 N–H and O–H groups in total. The molecule has 0 saturated carbocycles. The molecule has 0 heterocycles. The third-order valence-electron chi connectivity index (χ3n) is 0.978. The van der Waals surface area contributed by atoms with Crippen LogP contribution in [0.2, 0.25) is 0 Å². The molecule has 4 heteroatoms. The Bertz CT molecular complexity index is 74.4. The zero-order chi connectivity index (χ0) is 6.78. The highest BCUT2D eigenvalue weighted by Gasteiger charge is 2.22. The summed E-state index contributed by atoms with van der Waals surface area (Å²) in [6, 6.07) is 0. The number of hydrogen-bond acceptors (Lipinski definition) is 3. The number of hydroxylamine groups is 1. The molecule has 0 aliphatic heterocycles. The Labute approximate surface area is 62.7 Å². The number of halogens is 1. The van der Waals surface area contributed by atoms with Gasteiger partial charge in [0.25, 0.3) is 0 Å². The lowest BCUT2D eigenvalue weighted by molar-refractivity contribution is 0.0833. The van der Waals surface area contributed by atoms with Crippen molar-refractivity contribution in [3.63, 3.8) is 0 Å². The maximum atomic E-state index is 8.43. The predicted molar refractivity (Wildman–Crippen MR) is 41.0 cm³/mol. The van der Waals surface area contributed by atoms with Gasteiger partial charge in [-0.25, -0.2) is 0 Å². The Balaban J connectivity index is 3.71.